The molecule has 166 valence electrons. The predicted octanol–water partition coefficient (Wildman–Crippen LogP) is 2.73. The van der Waals surface area contributed by atoms with Crippen LogP contribution in [0, 0.1) is 0 Å². The van der Waals surface area contributed by atoms with Gasteiger partial charge in [-0.1, -0.05) is 0 Å². The van der Waals surface area contributed by atoms with Crippen LogP contribution in [0.1, 0.15) is 22.7 Å². The highest BCUT2D eigenvalue weighted by Crippen LogP contribution is 2.41. The molecule has 1 aromatic heterocycles. The third-order valence-electron chi connectivity index (χ3n) is 6.01. The minimum atomic E-state index is -0.392. The molecule has 5 rings (SSSR count). The number of aromatic nitrogens is 1. The molecule has 3 heterocycles. The van der Waals surface area contributed by atoms with Gasteiger partial charge in [0.1, 0.15) is 0 Å². The number of benzene rings is 2. The van der Waals surface area contributed by atoms with Crippen LogP contribution in [-0.4, -0.2) is 49.6 Å². The molecule has 0 bridgehead atoms. The first kappa shape index (κ1) is 20.4. The van der Waals surface area contributed by atoms with Crippen molar-refractivity contribution in [1.29, 1.82) is 0 Å². The minimum Gasteiger partial charge on any atom is -0.493 e. The number of thiocarbonyl (C=S) groups is 1. The third-order valence-corrected chi connectivity index (χ3v) is 6.45. The Morgan fingerprint density at radius 3 is 2.53 bits per heavy atom. The number of fused-ring (bicyclic) bond motifs is 3. The SMILES string of the molecule is CNC(=S)N1CCc2cc(OC)c(OC)cc2C1c1cc2cc3c(cc2[nH]c1=O)OCO3. The lowest BCUT2D eigenvalue weighted by Gasteiger charge is -2.39. The molecule has 0 saturated heterocycles. The molecule has 32 heavy (non-hydrogen) atoms. The Labute approximate surface area is 190 Å². The van der Waals surface area contributed by atoms with Crippen LogP contribution in [0.5, 0.6) is 23.0 Å². The van der Waals surface area contributed by atoms with Gasteiger partial charge < -0.3 is 34.1 Å². The number of nitrogens with one attached hydrogen (secondary N) is 2. The van der Waals surface area contributed by atoms with Gasteiger partial charge in [0, 0.05) is 30.6 Å². The highest BCUT2D eigenvalue weighted by Gasteiger charge is 2.33. The van der Waals surface area contributed by atoms with Gasteiger partial charge in [0.05, 0.1) is 25.8 Å². The van der Waals surface area contributed by atoms with Crippen LogP contribution >= 0.6 is 12.2 Å². The molecule has 0 saturated carbocycles. The van der Waals surface area contributed by atoms with Gasteiger partial charge in [-0.25, -0.2) is 0 Å². The first-order chi connectivity index (χ1) is 15.5. The normalized spacial score (nSPS) is 16.6. The van der Waals surface area contributed by atoms with Gasteiger partial charge in [-0.05, 0) is 54.0 Å². The Morgan fingerprint density at radius 2 is 1.81 bits per heavy atom. The second kappa shape index (κ2) is 7.90. The molecule has 8 nitrogen and oxygen atoms in total. The summed E-state index contributed by atoms with van der Waals surface area (Å²) < 4.78 is 22.0. The molecule has 0 aliphatic carbocycles. The Bertz CT molecular complexity index is 1290. The highest BCUT2D eigenvalue weighted by molar-refractivity contribution is 7.80. The largest absolute Gasteiger partial charge is 0.493 e. The monoisotopic (exact) mass is 453 g/mol. The Kier molecular flexibility index (Phi) is 5.05. The second-order valence-electron chi connectivity index (χ2n) is 7.65. The number of pyridine rings is 1. The summed E-state index contributed by atoms with van der Waals surface area (Å²) in [6, 6.07) is 9.10. The number of H-pyrrole nitrogens is 1. The zero-order valence-corrected chi connectivity index (χ0v) is 18.8. The van der Waals surface area contributed by atoms with Crippen LogP contribution in [0.4, 0.5) is 0 Å². The molecule has 0 fully saturated rings. The van der Waals surface area contributed by atoms with E-state index in [0.29, 0.717) is 45.7 Å². The smallest absolute Gasteiger partial charge is 0.254 e. The molecule has 9 heteroatoms. The van der Waals surface area contributed by atoms with Gasteiger partial charge in [0.25, 0.3) is 5.56 Å². The third kappa shape index (κ3) is 3.20. The summed E-state index contributed by atoms with van der Waals surface area (Å²) in [4.78, 5) is 18.3. The molecule has 2 aliphatic rings. The fraction of sp³-hybridized carbons (Fsp3) is 0.304. The zero-order chi connectivity index (χ0) is 22.4. The van der Waals surface area contributed by atoms with E-state index in [9.17, 15) is 4.79 Å². The number of rotatable bonds is 3. The fourth-order valence-electron chi connectivity index (χ4n) is 4.46. The van der Waals surface area contributed by atoms with Crippen molar-refractivity contribution in [1.82, 2.24) is 15.2 Å². The summed E-state index contributed by atoms with van der Waals surface area (Å²) in [5.74, 6) is 2.55. The first-order valence-electron chi connectivity index (χ1n) is 10.2. The van der Waals surface area contributed by atoms with Crippen molar-refractivity contribution in [2.45, 2.75) is 12.5 Å². The maximum atomic E-state index is 13.3. The molecule has 1 atom stereocenters. The van der Waals surface area contributed by atoms with Gasteiger partial charge in [-0.2, -0.15) is 0 Å². The van der Waals surface area contributed by atoms with E-state index in [1.54, 1.807) is 27.3 Å². The summed E-state index contributed by atoms with van der Waals surface area (Å²) in [6.07, 6.45) is 0.762. The fourth-order valence-corrected chi connectivity index (χ4v) is 4.66. The molecule has 2 aromatic carbocycles. The Morgan fingerprint density at radius 1 is 1.09 bits per heavy atom. The number of aromatic amines is 1. The molecule has 2 aliphatic heterocycles. The van der Waals surface area contributed by atoms with E-state index in [1.807, 2.05) is 29.2 Å². The summed E-state index contributed by atoms with van der Waals surface area (Å²) in [5.41, 5.74) is 3.13. The summed E-state index contributed by atoms with van der Waals surface area (Å²) >= 11 is 5.61. The average molecular weight is 454 g/mol. The van der Waals surface area contributed by atoms with Crippen LogP contribution in [0.2, 0.25) is 0 Å². The lowest BCUT2D eigenvalue weighted by atomic mass is 9.88. The Balaban J connectivity index is 1.73. The van der Waals surface area contributed by atoms with Crippen molar-refractivity contribution in [3.8, 4) is 23.0 Å². The van der Waals surface area contributed by atoms with Gasteiger partial charge >= 0.3 is 0 Å². The van der Waals surface area contributed by atoms with Crippen LogP contribution in [0.15, 0.2) is 35.1 Å². The number of ether oxygens (including phenoxy) is 4. The van der Waals surface area contributed by atoms with E-state index in [2.05, 4.69) is 10.3 Å². The molecule has 0 spiro atoms. The molecule has 2 N–H and O–H groups in total. The van der Waals surface area contributed by atoms with Crippen LogP contribution < -0.4 is 29.8 Å². The lowest BCUT2D eigenvalue weighted by Crippen LogP contribution is -2.46. The van der Waals surface area contributed by atoms with Gasteiger partial charge in [-0.15, -0.1) is 0 Å². The molecule has 0 radical (unpaired) electrons. The summed E-state index contributed by atoms with van der Waals surface area (Å²) in [6.45, 7) is 0.829. The molecule has 0 amide bonds. The van der Waals surface area contributed by atoms with Crippen LogP contribution in [0.25, 0.3) is 10.9 Å². The number of methoxy groups -OCH3 is 2. The van der Waals surface area contributed by atoms with E-state index < -0.39 is 6.04 Å². The van der Waals surface area contributed by atoms with Gasteiger partial charge in [0.2, 0.25) is 6.79 Å². The van der Waals surface area contributed by atoms with Gasteiger partial charge in [-0.3, -0.25) is 4.79 Å². The van der Waals surface area contributed by atoms with Crippen LogP contribution in [0.3, 0.4) is 0 Å². The van der Waals surface area contributed by atoms with Crippen molar-refractivity contribution in [2.24, 2.45) is 0 Å². The van der Waals surface area contributed by atoms with E-state index >= 15 is 0 Å². The number of hydrogen-bond acceptors (Lipinski definition) is 6. The highest BCUT2D eigenvalue weighted by atomic mass is 32.1. The average Bonchev–Trinajstić information content (AvgIpc) is 3.27. The van der Waals surface area contributed by atoms with E-state index in [4.69, 9.17) is 31.2 Å². The summed E-state index contributed by atoms with van der Waals surface area (Å²) in [5, 5.41) is 4.48. The quantitative estimate of drug-likeness (QED) is 0.586. The molecular weight excluding hydrogens is 430 g/mol. The molecule has 1 unspecified atom stereocenters. The van der Waals surface area contributed by atoms with E-state index in [-0.39, 0.29) is 12.4 Å². The number of hydrogen-bond donors (Lipinski definition) is 2. The van der Waals surface area contributed by atoms with Gasteiger partial charge in [0.15, 0.2) is 28.1 Å². The van der Waals surface area contributed by atoms with Crippen molar-refractivity contribution in [3.63, 3.8) is 0 Å². The maximum Gasteiger partial charge on any atom is 0.254 e. The second-order valence-corrected chi connectivity index (χ2v) is 8.04. The molecule has 3 aromatic rings. The minimum absolute atomic E-state index is 0.171. The van der Waals surface area contributed by atoms with Crippen molar-refractivity contribution >= 4 is 28.2 Å². The van der Waals surface area contributed by atoms with E-state index in [0.717, 1.165) is 22.9 Å². The Hall–Kier alpha value is -3.46. The van der Waals surface area contributed by atoms with Crippen LogP contribution in [-0.2, 0) is 6.42 Å². The summed E-state index contributed by atoms with van der Waals surface area (Å²) in [7, 11) is 5.00. The maximum absolute atomic E-state index is 13.3. The van der Waals surface area contributed by atoms with Crippen molar-refractivity contribution < 1.29 is 18.9 Å². The number of nitrogens with zero attached hydrogens (tertiary/aromatic N) is 1. The standard InChI is InChI=1S/C23H23N3O5S/c1-24-23(32)26-5-4-12-7-17(28-2)18(29-3)9-14(12)21(26)15-6-13-8-19-20(31-11-30-19)10-16(13)25-22(15)27/h6-10,21H,4-5,11H2,1-3H3,(H,24,32)(H,25,27). The van der Waals surface area contributed by atoms with Crippen molar-refractivity contribution in [2.75, 3.05) is 34.6 Å². The predicted molar refractivity (Wildman–Crippen MR) is 124 cm³/mol. The zero-order valence-electron chi connectivity index (χ0n) is 18.0. The molecular formula is C23H23N3O5S. The van der Waals surface area contributed by atoms with Crippen molar-refractivity contribution in [3.05, 3.63) is 57.4 Å². The first-order valence-corrected chi connectivity index (χ1v) is 10.6. The van der Waals surface area contributed by atoms with E-state index in [1.165, 1.54) is 0 Å². The topological polar surface area (TPSA) is 85.1 Å². The lowest BCUT2D eigenvalue weighted by molar-refractivity contribution is 0.174.